The summed E-state index contributed by atoms with van der Waals surface area (Å²) in [6.45, 7) is 0. The second kappa shape index (κ2) is 3.02. The van der Waals surface area contributed by atoms with E-state index in [2.05, 4.69) is 15.4 Å². The molecule has 5 nitrogen and oxygen atoms in total. The van der Waals surface area contributed by atoms with Crippen LogP contribution in [0.1, 0.15) is 0 Å². The van der Waals surface area contributed by atoms with Crippen molar-refractivity contribution in [1.82, 2.24) is 14.6 Å². The molecule has 0 atom stereocenters. The molecule has 2 rings (SSSR count). The van der Waals surface area contributed by atoms with Gasteiger partial charge in [0.25, 0.3) is 0 Å². The largest absolute Gasteiger partial charge is 0.324 e. The van der Waals surface area contributed by atoms with Crippen molar-refractivity contribution in [1.29, 1.82) is 0 Å². The summed E-state index contributed by atoms with van der Waals surface area (Å²) in [5.41, 5.74) is 1.07. The fourth-order valence-corrected chi connectivity index (χ4v) is 1.15. The van der Waals surface area contributed by atoms with Crippen LogP contribution in [0.2, 0.25) is 5.15 Å². The normalized spacial score (nSPS) is 10.2. The number of amides is 1. The first kappa shape index (κ1) is 8.00. The third kappa shape index (κ3) is 1.33. The number of nitrogens with zero attached hydrogens (tertiary/aromatic N) is 3. The summed E-state index contributed by atoms with van der Waals surface area (Å²) in [6, 6.07) is 1.62. The minimum Gasteiger partial charge on any atom is -0.324 e. The number of fused-ring (bicyclic) bond motifs is 1. The van der Waals surface area contributed by atoms with Gasteiger partial charge in [-0.3, -0.25) is 4.79 Å². The summed E-state index contributed by atoms with van der Waals surface area (Å²) in [6.07, 6.45) is 3.74. The predicted molar refractivity (Wildman–Crippen MR) is 47.7 cm³/mol. The van der Waals surface area contributed by atoms with Crippen LogP contribution < -0.4 is 5.32 Å². The Morgan fingerprint density at radius 3 is 3.23 bits per heavy atom. The first-order valence-corrected chi connectivity index (χ1v) is 3.89. The van der Waals surface area contributed by atoms with Gasteiger partial charge >= 0.3 is 0 Å². The molecule has 0 aliphatic rings. The maximum atomic E-state index is 10.2. The molecule has 1 amide bonds. The lowest BCUT2D eigenvalue weighted by Gasteiger charge is -1.95. The number of hydrogen-bond donors (Lipinski definition) is 1. The lowest BCUT2D eigenvalue weighted by Crippen LogP contribution is -1.95. The van der Waals surface area contributed by atoms with Gasteiger partial charge in [-0.05, 0) is 6.07 Å². The molecule has 0 saturated carbocycles. The molecule has 0 aliphatic heterocycles. The van der Waals surface area contributed by atoms with Crippen LogP contribution in [0, 0.1) is 0 Å². The van der Waals surface area contributed by atoms with Crippen LogP contribution in [0.3, 0.4) is 0 Å². The van der Waals surface area contributed by atoms with E-state index in [-0.39, 0.29) is 0 Å². The van der Waals surface area contributed by atoms with Crippen LogP contribution in [-0.2, 0) is 4.79 Å². The highest BCUT2D eigenvalue weighted by atomic mass is 35.5. The highest BCUT2D eigenvalue weighted by Crippen LogP contribution is 2.15. The van der Waals surface area contributed by atoms with Gasteiger partial charge < -0.3 is 5.32 Å². The van der Waals surface area contributed by atoms with Crippen LogP contribution in [0.15, 0.2) is 18.5 Å². The molecule has 2 aromatic heterocycles. The average molecular weight is 197 g/mol. The Morgan fingerprint density at radius 2 is 2.46 bits per heavy atom. The molecule has 0 aromatic carbocycles. The van der Waals surface area contributed by atoms with E-state index < -0.39 is 0 Å². The van der Waals surface area contributed by atoms with Gasteiger partial charge in [-0.15, -0.1) is 0 Å². The molecule has 13 heavy (non-hydrogen) atoms. The second-order valence-corrected chi connectivity index (χ2v) is 2.73. The van der Waals surface area contributed by atoms with Crippen LogP contribution in [-0.4, -0.2) is 21.0 Å². The topological polar surface area (TPSA) is 59.3 Å². The number of rotatable bonds is 2. The Morgan fingerprint density at radius 1 is 1.62 bits per heavy atom. The van der Waals surface area contributed by atoms with Crippen molar-refractivity contribution >= 4 is 29.3 Å². The van der Waals surface area contributed by atoms with Crippen molar-refractivity contribution in [2.75, 3.05) is 5.32 Å². The SMILES string of the molecule is O=CNc1cnn2ccc(Cl)nc12. The molecule has 6 heteroatoms. The Bertz CT molecular complexity index is 453. The molecule has 0 fully saturated rings. The Balaban J connectivity index is 2.64. The van der Waals surface area contributed by atoms with Crippen molar-refractivity contribution in [2.45, 2.75) is 0 Å². The maximum absolute atomic E-state index is 10.2. The summed E-state index contributed by atoms with van der Waals surface area (Å²) in [5.74, 6) is 0. The number of nitrogens with one attached hydrogen (secondary N) is 1. The molecule has 0 spiro atoms. The first-order chi connectivity index (χ1) is 6.31. The van der Waals surface area contributed by atoms with Gasteiger partial charge in [-0.2, -0.15) is 5.10 Å². The standard InChI is InChI=1S/C7H5ClN4O/c8-6-1-2-12-7(11-6)5(3-10-12)9-4-13/h1-4H,(H,9,13). The molecule has 1 N–H and O–H groups in total. The van der Waals surface area contributed by atoms with Gasteiger partial charge in [0, 0.05) is 6.20 Å². The lowest BCUT2D eigenvalue weighted by molar-refractivity contribution is -0.105. The van der Waals surface area contributed by atoms with Crippen LogP contribution in [0.4, 0.5) is 5.69 Å². The third-order valence-electron chi connectivity index (χ3n) is 1.55. The number of anilines is 1. The van der Waals surface area contributed by atoms with Gasteiger partial charge in [0.15, 0.2) is 5.65 Å². The number of hydrogen-bond acceptors (Lipinski definition) is 3. The second-order valence-electron chi connectivity index (χ2n) is 2.34. The molecular weight excluding hydrogens is 192 g/mol. The van der Waals surface area contributed by atoms with E-state index in [1.165, 1.54) is 10.7 Å². The Hall–Kier alpha value is -1.62. The highest BCUT2D eigenvalue weighted by molar-refractivity contribution is 6.29. The zero-order chi connectivity index (χ0) is 9.26. The van der Waals surface area contributed by atoms with Crippen molar-refractivity contribution in [3.05, 3.63) is 23.6 Å². The molecule has 0 saturated heterocycles. The zero-order valence-corrected chi connectivity index (χ0v) is 7.19. The van der Waals surface area contributed by atoms with E-state index in [1.807, 2.05) is 0 Å². The van der Waals surface area contributed by atoms with Crippen LogP contribution in [0.25, 0.3) is 5.65 Å². The van der Waals surface area contributed by atoms with Crippen molar-refractivity contribution in [2.24, 2.45) is 0 Å². The lowest BCUT2D eigenvalue weighted by atomic mass is 10.5. The summed E-state index contributed by atoms with van der Waals surface area (Å²) < 4.78 is 1.53. The molecule has 66 valence electrons. The minimum atomic E-state index is 0.363. The van der Waals surface area contributed by atoms with Gasteiger partial charge in [0.1, 0.15) is 10.8 Å². The molecule has 0 aliphatic carbocycles. The van der Waals surface area contributed by atoms with Gasteiger partial charge in [-0.25, -0.2) is 9.50 Å². The molecule has 2 aromatic rings. The number of halogens is 1. The predicted octanol–water partition coefficient (Wildman–Crippen LogP) is 0.951. The van der Waals surface area contributed by atoms with Crippen molar-refractivity contribution in [3.8, 4) is 0 Å². The van der Waals surface area contributed by atoms with E-state index in [4.69, 9.17) is 11.6 Å². The summed E-state index contributed by atoms with van der Waals surface area (Å²) in [4.78, 5) is 14.2. The number of carbonyl (C=O) groups is 1. The summed E-state index contributed by atoms with van der Waals surface area (Å²) in [5, 5.41) is 6.79. The molecule has 0 bridgehead atoms. The van der Waals surface area contributed by atoms with Gasteiger partial charge in [0.2, 0.25) is 6.41 Å². The quantitative estimate of drug-likeness (QED) is 0.575. The van der Waals surface area contributed by atoms with Gasteiger partial charge in [-0.1, -0.05) is 11.6 Å². The fraction of sp³-hybridized carbons (Fsp3) is 0. The van der Waals surface area contributed by atoms with E-state index in [0.29, 0.717) is 22.9 Å². The number of aromatic nitrogens is 3. The van der Waals surface area contributed by atoms with Gasteiger partial charge in [0.05, 0.1) is 6.20 Å². The van der Waals surface area contributed by atoms with Crippen molar-refractivity contribution < 1.29 is 4.79 Å². The molecular formula is C7H5ClN4O. The summed E-state index contributed by atoms with van der Waals surface area (Å²) in [7, 11) is 0. The van der Waals surface area contributed by atoms with E-state index in [1.54, 1.807) is 12.3 Å². The zero-order valence-electron chi connectivity index (χ0n) is 6.44. The first-order valence-electron chi connectivity index (χ1n) is 3.51. The van der Waals surface area contributed by atoms with Crippen LogP contribution >= 0.6 is 11.6 Å². The van der Waals surface area contributed by atoms with Crippen molar-refractivity contribution in [3.63, 3.8) is 0 Å². The van der Waals surface area contributed by atoms with E-state index in [9.17, 15) is 4.79 Å². The average Bonchev–Trinajstić information content (AvgIpc) is 2.49. The summed E-state index contributed by atoms with van der Waals surface area (Å²) >= 11 is 5.68. The highest BCUT2D eigenvalue weighted by Gasteiger charge is 2.04. The smallest absolute Gasteiger partial charge is 0.211 e. The Labute approximate surface area is 78.3 Å². The van der Waals surface area contributed by atoms with Crippen LogP contribution in [0.5, 0.6) is 0 Å². The van der Waals surface area contributed by atoms with E-state index >= 15 is 0 Å². The minimum absolute atomic E-state index is 0.363. The fourth-order valence-electron chi connectivity index (χ4n) is 1.01. The van der Waals surface area contributed by atoms with E-state index in [0.717, 1.165) is 0 Å². The molecule has 0 radical (unpaired) electrons. The third-order valence-corrected chi connectivity index (χ3v) is 1.76. The molecule has 0 unspecified atom stereocenters. The number of carbonyl (C=O) groups excluding carboxylic acids is 1. The Kier molecular flexibility index (Phi) is 1.86. The maximum Gasteiger partial charge on any atom is 0.211 e. The monoisotopic (exact) mass is 196 g/mol. The molecule has 2 heterocycles.